The SMILES string of the molecule is CC(C)CNC(=O)CN(C)c1ccc(C(=O)O)o1. The van der Waals surface area contributed by atoms with Gasteiger partial charge in [-0.25, -0.2) is 4.79 Å². The second-order valence-electron chi connectivity index (χ2n) is 4.50. The molecular weight excluding hydrogens is 236 g/mol. The molecule has 0 aromatic carbocycles. The lowest BCUT2D eigenvalue weighted by Gasteiger charge is -2.16. The predicted octanol–water partition coefficient (Wildman–Crippen LogP) is 1.19. The van der Waals surface area contributed by atoms with Gasteiger partial charge in [0.2, 0.25) is 11.7 Å². The monoisotopic (exact) mass is 254 g/mol. The molecule has 0 unspecified atom stereocenters. The van der Waals surface area contributed by atoms with Crippen molar-refractivity contribution in [3.05, 3.63) is 17.9 Å². The number of aromatic carboxylic acids is 1. The highest BCUT2D eigenvalue weighted by Gasteiger charge is 2.14. The van der Waals surface area contributed by atoms with Crippen LogP contribution in [-0.4, -0.2) is 37.1 Å². The molecule has 1 aromatic heterocycles. The lowest BCUT2D eigenvalue weighted by Crippen LogP contribution is -2.36. The lowest BCUT2D eigenvalue weighted by molar-refractivity contribution is -0.119. The highest BCUT2D eigenvalue weighted by atomic mass is 16.4. The van der Waals surface area contributed by atoms with E-state index in [1.807, 2.05) is 13.8 Å². The molecule has 0 atom stereocenters. The molecule has 6 nitrogen and oxygen atoms in total. The molecule has 0 saturated heterocycles. The Kier molecular flexibility index (Phi) is 4.76. The lowest BCUT2D eigenvalue weighted by atomic mass is 10.2. The van der Waals surface area contributed by atoms with Gasteiger partial charge in [-0.2, -0.15) is 0 Å². The number of carboxylic acids is 1. The van der Waals surface area contributed by atoms with Gasteiger partial charge in [-0.05, 0) is 12.0 Å². The van der Waals surface area contributed by atoms with Crippen LogP contribution in [0.3, 0.4) is 0 Å². The standard InChI is InChI=1S/C12H18N2O4/c1-8(2)6-13-10(15)7-14(3)11-5-4-9(18-11)12(16)17/h4-5,8H,6-7H2,1-3H3,(H,13,15)(H,16,17). The van der Waals surface area contributed by atoms with Gasteiger partial charge in [0, 0.05) is 19.7 Å². The number of amides is 1. The number of rotatable bonds is 6. The van der Waals surface area contributed by atoms with Gasteiger partial charge in [0.05, 0.1) is 6.54 Å². The van der Waals surface area contributed by atoms with Crippen molar-refractivity contribution in [2.45, 2.75) is 13.8 Å². The molecule has 18 heavy (non-hydrogen) atoms. The Morgan fingerprint density at radius 1 is 1.44 bits per heavy atom. The van der Waals surface area contributed by atoms with E-state index >= 15 is 0 Å². The predicted molar refractivity (Wildman–Crippen MR) is 66.8 cm³/mol. The Hall–Kier alpha value is -1.98. The zero-order chi connectivity index (χ0) is 13.7. The highest BCUT2D eigenvalue weighted by molar-refractivity contribution is 5.85. The van der Waals surface area contributed by atoms with Crippen molar-refractivity contribution < 1.29 is 19.1 Å². The normalized spacial score (nSPS) is 10.4. The van der Waals surface area contributed by atoms with Gasteiger partial charge in [0.15, 0.2) is 5.88 Å². The molecule has 0 aliphatic rings. The minimum Gasteiger partial charge on any atom is -0.475 e. The van der Waals surface area contributed by atoms with E-state index in [4.69, 9.17) is 9.52 Å². The second kappa shape index (κ2) is 6.09. The number of likely N-dealkylation sites (N-methyl/N-ethyl adjacent to an activating group) is 1. The third-order valence-corrected chi connectivity index (χ3v) is 2.27. The fourth-order valence-corrected chi connectivity index (χ4v) is 1.31. The van der Waals surface area contributed by atoms with Crippen LogP contribution in [-0.2, 0) is 4.79 Å². The number of anilines is 1. The smallest absolute Gasteiger partial charge is 0.371 e. The van der Waals surface area contributed by atoms with Crippen LogP contribution in [0, 0.1) is 5.92 Å². The fourth-order valence-electron chi connectivity index (χ4n) is 1.31. The summed E-state index contributed by atoms with van der Waals surface area (Å²) in [6.07, 6.45) is 0. The van der Waals surface area contributed by atoms with Crippen LogP contribution in [0.15, 0.2) is 16.5 Å². The number of nitrogens with one attached hydrogen (secondary N) is 1. The average Bonchev–Trinajstić information content (AvgIpc) is 2.75. The van der Waals surface area contributed by atoms with Crippen LogP contribution in [0.2, 0.25) is 0 Å². The van der Waals surface area contributed by atoms with Gasteiger partial charge in [-0.3, -0.25) is 4.79 Å². The largest absolute Gasteiger partial charge is 0.475 e. The number of furan rings is 1. The zero-order valence-electron chi connectivity index (χ0n) is 10.8. The number of nitrogens with zero attached hydrogens (tertiary/aromatic N) is 1. The van der Waals surface area contributed by atoms with Crippen LogP contribution in [0.1, 0.15) is 24.4 Å². The van der Waals surface area contributed by atoms with Crippen molar-refractivity contribution in [1.82, 2.24) is 5.32 Å². The molecule has 0 radical (unpaired) electrons. The summed E-state index contributed by atoms with van der Waals surface area (Å²) in [4.78, 5) is 23.8. The summed E-state index contributed by atoms with van der Waals surface area (Å²) in [5.41, 5.74) is 0. The van der Waals surface area contributed by atoms with Crippen molar-refractivity contribution in [3.8, 4) is 0 Å². The zero-order valence-corrected chi connectivity index (χ0v) is 10.8. The minimum absolute atomic E-state index is 0.124. The van der Waals surface area contributed by atoms with Crippen LogP contribution in [0.5, 0.6) is 0 Å². The summed E-state index contributed by atoms with van der Waals surface area (Å²) in [6, 6.07) is 2.89. The number of carbonyl (C=O) groups excluding carboxylic acids is 1. The second-order valence-corrected chi connectivity index (χ2v) is 4.50. The van der Waals surface area contributed by atoms with E-state index in [-0.39, 0.29) is 18.2 Å². The summed E-state index contributed by atoms with van der Waals surface area (Å²) in [7, 11) is 1.67. The molecule has 0 fully saturated rings. The molecule has 0 saturated carbocycles. The topological polar surface area (TPSA) is 82.8 Å². The maximum absolute atomic E-state index is 11.6. The Balaban J connectivity index is 2.51. The molecule has 6 heteroatoms. The van der Waals surface area contributed by atoms with Gasteiger partial charge in [0.25, 0.3) is 0 Å². The first-order valence-corrected chi connectivity index (χ1v) is 5.71. The Morgan fingerprint density at radius 2 is 2.11 bits per heavy atom. The molecule has 2 N–H and O–H groups in total. The molecule has 1 rings (SSSR count). The third-order valence-electron chi connectivity index (χ3n) is 2.27. The summed E-state index contributed by atoms with van der Waals surface area (Å²) in [6.45, 7) is 4.76. The number of hydrogen-bond acceptors (Lipinski definition) is 4. The maximum Gasteiger partial charge on any atom is 0.371 e. The number of hydrogen-bond donors (Lipinski definition) is 2. The van der Waals surface area contributed by atoms with Gasteiger partial charge < -0.3 is 19.7 Å². The first-order valence-electron chi connectivity index (χ1n) is 5.71. The van der Waals surface area contributed by atoms with Crippen LogP contribution in [0.4, 0.5) is 5.88 Å². The average molecular weight is 254 g/mol. The van der Waals surface area contributed by atoms with E-state index < -0.39 is 5.97 Å². The van der Waals surface area contributed by atoms with E-state index in [2.05, 4.69) is 5.32 Å². The van der Waals surface area contributed by atoms with Gasteiger partial charge >= 0.3 is 5.97 Å². The molecule has 0 bridgehead atoms. The van der Waals surface area contributed by atoms with Crippen molar-refractivity contribution >= 4 is 17.8 Å². The molecule has 1 heterocycles. The van der Waals surface area contributed by atoms with E-state index in [1.165, 1.54) is 12.1 Å². The maximum atomic E-state index is 11.6. The summed E-state index contributed by atoms with van der Waals surface area (Å²) in [5.74, 6) is -0.647. The van der Waals surface area contributed by atoms with Gasteiger partial charge in [0.1, 0.15) is 0 Å². The number of carbonyl (C=O) groups is 2. The minimum atomic E-state index is -1.13. The first kappa shape index (κ1) is 14.1. The molecule has 0 aliphatic carbocycles. The molecule has 0 spiro atoms. The van der Waals surface area contributed by atoms with Crippen LogP contribution >= 0.6 is 0 Å². The van der Waals surface area contributed by atoms with Gasteiger partial charge in [-0.15, -0.1) is 0 Å². The van der Waals surface area contributed by atoms with Crippen molar-refractivity contribution in [1.29, 1.82) is 0 Å². The number of carboxylic acid groups (broad SMARTS) is 1. The van der Waals surface area contributed by atoms with Crippen molar-refractivity contribution in [2.75, 3.05) is 25.0 Å². The summed E-state index contributed by atoms with van der Waals surface area (Å²) >= 11 is 0. The van der Waals surface area contributed by atoms with E-state index in [0.29, 0.717) is 18.3 Å². The fraction of sp³-hybridized carbons (Fsp3) is 0.500. The van der Waals surface area contributed by atoms with Crippen molar-refractivity contribution in [3.63, 3.8) is 0 Å². The molecular formula is C12H18N2O4. The summed E-state index contributed by atoms with van der Waals surface area (Å²) in [5, 5.41) is 11.5. The van der Waals surface area contributed by atoms with Crippen LogP contribution in [0.25, 0.3) is 0 Å². The molecule has 1 amide bonds. The van der Waals surface area contributed by atoms with E-state index in [1.54, 1.807) is 11.9 Å². The van der Waals surface area contributed by atoms with Crippen molar-refractivity contribution in [2.24, 2.45) is 5.92 Å². The molecule has 100 valence electrons. The quantitative estimate of drug-likeness (QED) is 0.796. The van der Waals surface area contributed by atoms with E-state index in [9.17, 15) is 9.59 Å². The highest BCUT2D eigenvalue weighted by Crippen LogP contribution is 2.16. The Morgan fingerprint density at radius 3 is 2.61 bits per heavy atom. The van der Waals surface area contributed by atoms with Crippen LogP contribution < -0.4 is 10.2 Å². The third kappa shape index (κ3) is 4.12. The molecule has 0 aliphatic heterocycles. The molecule has 1 aromatic rings. The Bertz CT molecular complexity index is 425. The van der Waals surface area contributed by atoms with E-state index in [0.717, 1.165) is 0 Å². The first-order chi connectivity index (χ1) is 8.40. The Labute approximate surface area is 106 Å². The van der Waals surface area contributed by atoms with Gasteiger partial charge in [-0.1, -0.05) is 13.8 Å². The summed E-state index contributed by atoms with van der Waals surface area (Å²) < 4.78 is 5.08.